The third-order valence-corrected chi connectivity index (χ3v) is 3.66. The lowest BCUT2D eigenvalue weighted by Crippen LogP contribution is -2.14. The zero-order valence-corrected chi connectivity index (χ0v) is 13.4. The summed E-state index contributed by atoms with van der Waals surface area (Å²) in [6.45, 7) is 0. The summed E-state index contributed by atoms with van der Waals surface area (Å²) < 4.78 is 19.7. The highest BCUT2D eigenvalue weighted by Crippen LogP contribution is 2.24. The number of anilines is 1. The van der Waals surface area contributed by atoms with Crippen LogP contribution in [0.15, 0.2) is 54.7 Å². The van der Waals surface area contributed by atoms with Crippen LogP contribution in [-0.2, 0) is 0 Å². The lowest BCUT2D eigenvalue weighted by atomic mass is 10.3. The Labute approximate surface area is 142 Å². The predicted octanol–water partition coefficient (Wildman–Crippen LogP) is 3.93. The van der Waals surface area contributed by atoms with Gasteiger partial charge in [0.2, 0.25) is 0 Å². The minimum atomic E-state index is -0.458. The normalized spacial score (nSPS) is 10.5. The van der Waals surface area contributed by atoms with Crippen LogP contribution in [0, 0.1) is 5.82 Å². The molecule has 122 valence electrons. The number of methoxy groups -OCH3 is 1. The van der Waals surface area contributed by atoms with E-state index in [1.807, 2.05) is 0 Å². The van der Waals surface area contributed by atoms with Crippen LogP contribution in [0.1, 0.15) is 10.5 Å². The van der Waals surface area contributed by atoms with Gasteiger partial charge in [-0.05, 0) is 36.4 Å². The first-order valence-electron chi connectivity index (χ1n) is 7.04. The van der Waals surface area contributed by atoms with Crippen LogP contribution in [-0.4, -0.2) is 22.8 Å². The number of carbonyl (C=O) groups excluding carboxylic acids is 1. The van der Waals surface area contributed by atoms with E-state index >= 15 is 0 Å². The molecule has 0 radical (unpaired) electrons. The van der Waals surface area contributed by atoms with Crippen molar-refractivity contribution < 1.29 is 13.9 Å². The number of hydrogen-bond acceptors (Lipinski definition) is 3. The van der Waals surface area contributed by atoms with Gasteiger partial charge in [-0.25, -0.2) is 9.07 Å². The Kier molecular flexibility index (Phi) is 4.48. The summed E-state index contributed by atoms with van der Waals surface area (Å²) >= 11 is 6.04. The van der Waals surface area contributed by atoms with Gasteiger partial charge in [0.05, 0.1) is 29.7 Å². The third kappa shape index (κ3) is 3.23. The number of aromatic nitrogens is 2. The number of hydrogen-bond donors (Lipinski definition) is 1. The van der Waals surface area contributed by atoms with Crippen LogP contribution in [0.2, 0.25) is 5.02 Å². The molecule has 0 fully saturated rings. The fourth-order valence-corrected chi connectivity index (χ4v) is 2.32. The lowest BCUT2D eigenvalue weighted by Gasteiger charge is -2.06. The van der Waals surface area contributed by atoms with Gasteiger partial charge in [-0.15, -0.1) is 0 Å². The largest absolute Gasteiger partial charge is 0.493 e. The summed E-state index contributed by atoms with van der Waals surface area (Å²) in [6, 6.07) is 12.6. The first-order valence-corrected chi connectivity index (χ1v) is 7.42. The third-order valence-electron chi connectivity index (χ3n) is 3.33. The van der Waals surface area contributed by atoms with Crippen molar-refractivity contribution in [3.05, 3.63) is 71.3 Å². The van der Waals surface area contributed by atoms with Gasteiger partial charge in [0.15, 0.2) is 11.4 Å². The number of nitrogens with one attached hydrogen (secondary N) is 1. The maximum Gasteiger partial charge on any atom is 0.280 e. The van der Waals surface area contributed by atoms with Gasteiger partial charge in [0.25, 0.3) is 5.91 Å². The maximum absolute atomic E-state index is 13.0. The van der Waals surface area contributed by atoms with Gasteiger partial charge in [0, 0.05) is 0 Å². The Hall–Kier alpha value is -2.86. The minimum absolute atomic E-state index is 0.0988. The van der Waals surface area contributed by atoms with Gasteiger partial charge < -0.3 is 10.1 Å². The van der Waals surface area contributed by atoms with Crippen molar-refractivity contribution in [2.24, 2.45) is 0 Å². The number of rotatable bonds is 4. The van der Waals surface area contributed by atoms with Crippen LogP contribution in [0.25, 0.3) is 5.69 Å². The Balaban J connectivity index is 1.91. The van der Waals surface area contributed by atoms with Gasteiger partial charge in [-0.2, -0.15) is 5.10 Å². The number of para-hydroxylation sites is 1. The van der Waals surface area contributed by atoms with Crippen molar-refractivity contribution in [3.8, 4) is 11.4 Å². The highest BCUT2D eigenvalue weighted by atomic mass is 35.5. The topological polar surface area (TPSA) is 56.2 Å². The molecule has 2 aromatic carbocycles. The standard InChI is InChI=1S/C17H13ClFN3O2/c1-24-15-10-22(12-8-6-11(19)7-9-12)21-16(15)17(23)20-14-5-3-2-4-13(14)18/h2-10H,1H3,(H,20,23). The molecule has 5 nitrogen and oxygen atoms in total. The second-order valence-electron chi connectivity index (χ2n) is 4.90. The Morgan fingerprint density at radius 3 is 2.58 bits per heavy atom. The number of benzene rings is 2. The highest BCUT2D eigenvalue weighted by molar-refractivity contribution is 6.33. The van der Waals surface area contributed by atoms with E-state index in [0.717, 1.165) is 0 Å². The smallest absolute Gasteiger partial charge is 0.280 e. The molecule has 0 bridgehead atoms. The van der Waals surface area contributed by atoms with E-state index in [0.29, 0.717) is 22.1 Å². The monoisotopic (exact) mass is 345 g/mol. The van der Waals surface area contributed by atoms with Gasteiger partial charge in [0.1, 0.15) is 5.82 Å². The van der Waals surface area contributed by atoms with E-state index in [2.05, 4.69) is 10.4 Å². The number of ether oxygens (including phenoxy) is 1. The molecule has 1 aromatic heterocycles. The molecular formula is C17H13ClFN3O2. The molecule has 0 spiro atoms. The molecule has 0 aliphatic carbocycles. The molecule has 0 saturated heterocycles. The van der Waals surface area contributed by atoms with Crippen molar-refractivity contribution in [1.82, 2.24) is 9.78 Å². The van der Waals surface area contributed by atoms with Crippen molar-refractivity contribution in [1.29, 1.82) is 0 Å². The molecule has 1 amide bonds. The summed E-state index contributed by atoms with van der Waals surface area (Å²) in [5.41, 5.74) is 1.18. The summed E-state index contributed by atoms with van der Waals surface area (Å²) in [4.78, 5) is 12.5. The molecular weight excluding hydrogens is 333 g/mol. The first-order chi connectivity index (χ1) is 11.6. The zero-order valence-electron chi connectivity index (χ0n) is 12.7. The summed E-state index contributed by atoms with van der Waals surface area (Å²) in [5.74, 6) is -0.515. The molecule has 1 heterocycles. The SMILES string of the molecule is COc1cn(-c2ccc(F)cc2)nc1C(=O)Nc1ccccc1Cl. The second kappa shape index (κ2) is 6.72. The highest BCUT2D eigenvalue weighted by Gasteiger charge is 2.19. The van der Waals surface area contributed by atoms with Gasteiger partial charge in [-0.1, -0.05) is 23.7 Å². The lowest BCUT2D eigenvalue weighted by molar-refractivity contribution is 0.101. The summed E-state index contributed by atoms with van der Waals surface area (Å²) in [5, 5.41) is 7.33. The molecule has 0 unspecified atom stereocenters. The Bertz CT molecular complexity index is 878. The van der Waals surface area contributed by atoms with Crippen molar-refractivity contribution in [2.45, 2.75) is 0 Å². The minimum Gasteiger partial charge on any atom is -0.493 e. The zero-order chi connectivity index (χ0) is 17.1. The average molecular weight is 346 g/mol. The average Bonchev–Trinajstić information content (AvgIpc) is 3.02. The van der Waals surface area contributed by atoms with E-state index in [4.69, 9.17) is 16.3 Å². The second-order valence-corrected chi connectivity index (χ2v) is 5.31. The van der Waals surface area contributed by atoms with Crippen LogP contribution in [0.4, 0.5) is 10.1 Å². The van der Waals surface area contributed by atoms with Gasteiger partial charge >= 0.3 is 0 Å². The number of nitrogens with zero attached hydrogens (tertiary/aromatic N) is 2. The van der Waals surface area contributed by atoms with E-state index in [1.54, 1.807) is 42.6 Å². The van der Waals surface area contributed by atoms with E-state index in [9.17, 15) is 9.18 Å². The fourth-order valence-electron chi connectivity index (χ4n) is 2.13. The van der Waals surface area contributed by atoms with Crippen molar-refractivity contribution in [2.75, 3.05) is 12.4 Å². The van der Waals surface area contributed by atoms with Crippen LogP contribution < -0.4 is 10.1 Å². The quantitative estimate of drug-likeness (QED) is 0.779. The molecule has 3 rings (SSSR count). The molecule has 0 saturated carbocycles. The van der Waals surface area contributed by atoms with E-state index < -0.39 is 5.91 Å². The maximum atomic E-state index is 13.0. The summed E-state index contributed by atoms with van der Waals surface area (Å²) in [6.07, 6.45) is 1.55. The van der Waals surface area contributed by atoms with Crippen molar-refractivity contribution >= 4 is 23.2 Å². The van der Waals surface area contributed by atoms with Crippen LogP contribution in [0.3, 0.4) is 0 Å². The molecule has 7 heteroatoms. The van der Waals surface area contributed by atoms with Crippen LogP contribution >= 0.6 is 11.6 Å². The molecule has 1 N–H and O–H groups in total. The summed E-state index contributed by atoms with van der Waals surface area (Å²) in [7, 11) is 1.44. The van der Waals surface area contributed by atoms with E-state index in [-0.39, 0.29) is 11.5 Å². The molecule has 0 aliphatic heterocycles. The first kappa shape index (κ1) is 16.0. The molecule has 0 atom stereocenters. The Morgan fingerprint density at radius 2 is 1.92 bits per heavy atom. The fraction of sp³-hybridized carbons (Fsp3) is 0.0588. The molecule has 24 heavy (non-hydrogen) atoms. The molecule has 3 aromatic rings. The predicted molar refractivity (Wildman–Crippen MR) is 89.5 cm³/mol. The molecule has 0 aliphatic rings. The van der Waals surface area contributed by atoms with Gasteiger partial charge in [-0.3, -0.25) is 4.79 Å². The van der Waals surface area contributed by atoms with Crippen molar-refractivity contribution in [3.63, 3.8) is 0 Å². The van der Waals surface area contributed by atoms with Crippen LogP contribution in [0.5, 0.6) is 5.75 Å². The number of halogens is 2. The van der Waals surface area contributed by atoms with E-state index in [1.165, 1.54) is 23.9 Å². The Morgan fingerprint density at radius 1 is 1.21 bits per heavy atom. The number of carbonyl (C=O) groups is 1. The number of amides is 1.